The zero-order valence-electron chi connectivity index (χ0n) is 15.0. The summed E-state index contributed by atoms with van der Waals surface area (Å²) in [5.41, 5.74) is 1.65. The average molecular weight is 436 g/mol. The number of carbonyl (C=O) groups is 1. The van der Waals surface area contributed by atoms with Crippen LogP contribution in [-0.4, -0.2) is 36.0 Å². The van der Waals surface area contributed by atoms with Gasteiger partial charge in [0.15, 0.2) is 0 Å². The Bertz CT molecular complexity index is 957. The van der Waals surface area contributed by atoms with Crippen molar-refractivity contribution in [2.24, 2.45) is 0 Å². The maximum absolute atomic E-state index is 14.4. The first kappa shape index (κ1) is 19.2. The highest BCUT2D eigenvalue weighted by Crippen LogP contribution is 2.32. The van der Waals surface area contributed by atoms with Gasteiger partial charge < -0.3 is 14.8 Å². The summed E-state index contributed by atoms with van der Waals surface area (Å²) in [5.74, 6) is -0.168. The first-order chi connectivity index (χ1) is 13.0. The number of aromatic nitrogens is 2. The predicted octanol–water partition coefficient (Wildman–Crippen LogP) is 3.97. The Kier molecular flexibility index (Phi) is 5.95. The molecule has 0 amide bonds. The second kappa shape index (κ2) is 8.39. The van der Waals surface area contributed by atoms with Crippen molar-refractivity contribution in [3.8, 4) is 5.75 Å². The first-order valence-corrected chi connectivity index (χ1v) is 9.18. The molecule has 0 spiro atoms. The van der Waals surface area contributed by atoms with Gasteiger partial charge in [-0.25, -0.2) is 4.39 Å². The molecule has 0 bridgehead atoms. The highest BCUT2D eigenvalue weighted by molar-refractivity contribution is 9.10. The lowest BCUT2D eigenvalue weighted by atomic mass is 10.2. The largest absolute Gasteiger partial charge is 0.497 e. The molecule has 0 aliphatic heterocycles. The molecule has 1 heterocycles. The van der Waals surface area contributed by atoms with Crippen LogP contribution in [0.15, 0.2) is 41.0 Å². The Balaban J connectivity index is 1.89. The summed E-state index contributed by atoms with van der Waals surface area (Å²) in [7, 11) is 1.62. The van der Waals surface area contributed by atoms with Gasteiger partial charge in [0.05, 0.1) is 25.9 Å². The molecule has 0 fully saturated rings. The highest BCUT2D eigenvalue weighted by Gasteiger charge is 2.16. The van der Waals surface area contributed by atoms with Crippen LogP contribution in [0.4, 0.5) is 10.1 Å². The predicted molar refractivity (Wildman–Crippen MR) is 105 cm³/mol. The van der Waals surface area contributed by atoms with E-state index < -0.39 is 11.8 Å². The molecule has 0 aliphatic rings. The van der Waals surface area contributed by atoms with Crippen LogP contribution in [0.1, 0.15) is 12.5 Å². The van der Waals surface area contributed by atoms with Gasteiger partial charge in [0.25, 0.3) is 0 Å². The molecular formula is C19H19BrFN3O3. The van der Waals surface area contributed by atoms with E-state index in [1.807, 2.05) is 30.5 Å². The van der Waals surface area contributed by atoms with Crippen LogP contribution in [0.2, 0.25) is 0 Å². The number of rotatable bonds is 7. The number of hydrogen-bond donors (Lipinski definition) is 1. The summed E-state index contributed by atoms with van der Waals surface area (Å²) in [5, 5.41) is 8.04. The second-order valence-electron chi connectivity index (χ2n) is 5.81. The SMILES string of the molecule is CCOC(=O)CNc1c(F)cc(Br)c2cn(Cc3ccc(OC)cc3)nc12. The molecule has 1 aromatic heterocycles. The van der Waals surface area contributed by atoms with E-state index in [1.165, 1.54) is 6.07 Å². The number of esters is 1. The molecule has 3 rings (SSSR count). The molecule has 1 N–H and O–H groups in total. The molecule has 0 saturated heterocycles. The van der Waals surface area contributed by atoms with Crippen molar-refractivity contribution in [2.45, 2.75) is 13.5 Å². The maximum Gasteiger partial charge on any atom is 0.325 e. The normalized spacial score (nSPS) is 10.8. The summed E-state index contributed by atoms with van der Waals surface area (Å²) in [6, 6.07) is 9.00. The van der Waals surface area contributed by atoms with Gasteiger partial charge in [0.1, 0.15) is 23.6 Å². The smallest absolute Gasteiger partial charge is 0.325 e. The van der Waals surface area contributed by atoms with Crippen LogP contribution in [0, 0.1) is 5.82 Å². The van der Waals surface area contributed by atoms with Crippen LogP contribution in [0.5, 0.6) is 5.75 Å². The first-order valence-electron chi connectivity index (χ1n) is 8.39. The van der Waals surface area contributed by atoms with Gasteiger partial charge in [-0.2, -0.15) is 5.10 Å². The topological polar surface area (TPSA) is 65.4 Å². The van der Waals surface area contributed by atoms with Gasteiger partial charge in [-0.05, 0) is 46.6 Å². The summed E-state index contributed by atoms with van der Waals surface area (Å²) in [4.78, 5) is 11.6. The van der Waals surface area contributed by atoms with E-state index in [0.717, 1.165) is 16.7 Å². The minimum absolute atomic E-state index is 0.132. The third-order valence-corrected chi connectivity index (χ3v) is 4.62. The standard InChI is InChI=1S/C19H19BrFN3O3/c1-3-27-17(25)9-22-19-16(21)8-15(20)14-11-24(23-18(14)19)10-12-4-6-13(26-2)7-5-12/h4-8,11,22H,3,9-10H2,1-2H3. The highest BCUT2D eigenvalue weighted by atomic mass is 79.9. The van der Waals surface area contributed by atoms with Gasteiger partial charge >= 0.3 is 5.97 Å². The molecule has 0 atom stereocenters. The number of carbonyl (C=O) groups excluding carboxylic acids is 1. The van der Waals surface area contributed by atoms with E-state index in [4.69, 9.17) is 9.47 Å². The molecule has 142 valence electrons. The molecule has 0 radical (unpaired) electrons. The van der Waals surface area contributed by atoms with Crippen LogP contribution in [0.25, 0.3) is 10.9 Å². The molecule has 3 aromatic rings. The number of fused-ring (bicyclic) bond motifs is 1. The minimum atomic E-state index is -0.492. The fraction of sp³-hybridized carbons (Fsp3) is 0.263. The van der Waals surface area contributed by atoms with Crippen molar-refractivity contribution < 1.29 is 18.7 Å². The Labute approximate surface area is 164 Å². The number of halogens is 2. The zero-order valence-corrected chi connectivity index (χ0v) is 16.5. The van der Waals surface area contributed by atoms with Crippen molar-refractivity contribution in [2.75, 3.05) is 25.6 Å². The minimum Gasteiger partial charge on any atom is -0.497 e. The Hall–Kier alpha value is -2.61. The molecule has 0 aliphatic carbocycles. The summed E-state index contributed by atoms with van der Waals surface area (Å²) in [6.45, 7) is 2.38. The molecule has 8 heteroatoms. The number of methoxy groups -OCH3 is 1. The Morgan fingerprint density at radius 1 is 1.33 bits per heavy atom. The molecule has 6 nitrogen and oxygen atoms in total. The van der Waals surface area contributed by atoms with Crippen molar-refractivity contribution in [1.29, 1.82) is 0 Å². The number of hydrogen-bond acceptors (Lipinski definition) is 5. The van der Waals surface area contributed by atoms with E-state index in [1.54, 1.807) is 18.7 Å². The molecule has 0 unspecified atom stereocenters. The summed E-state index contributed by atoms with van der Waals surface area (Å²) < 4.78 is 26.8. The lowest BCUT2D eigenvalue weighted by Gasteiger charge is -2.08. The van der Waals surface area contributed by atoms with E-state index >= 15 is 0 Å². The zero-order chi connectivity index (χ0) is 19.4. The van der Waals surface area contributed by atoms with Crippen molar-refractivity contribution in [1.82, 2.24) is 9.78 Å². The maximum atomic E-state index is 14.4. The van der Waals surface area contributed by atoms with Crippen molar-refractivity contribution in [3.05, 3.63) is 52.4 Å². The fourth-order valence-electron chi connectivity index (χ4n) is 2.69. The number of nitrogens with one attached hydrogen (secondary N) is 1. The number of ether oxygens (including phenoxy) is 2. The monoisotopic (exact) mass is 435 g/mol. The number of benzene rings is 2. The van der Waals surface area contributed by atoms with Crippen LogP contribution >= 0.6 is 15.9 Å². The molecule has 0 saturated carbocycles. The average Bonchev–Trinajstić information content (AvgIpc) is 3.06. The number of anilines is 1. The van der Waals surface area contributed by atoms with Crippen molar-refractivity contribution in [3.63, 3.8) is 0 Å². The van der Waals surface area contributed by atoms with E-state index in [9.17, 15) is 9.18 Å². The third-order valence-electron chi connectivity index (χ3n) is 3.97. The summed E-state index contributed by atoms with van der Waals surface area (Å²) >= 11 is 3.38. The lowest BCUT2D eigenvalue weighted by Crippen LogP contribution is -2.17. The van der Waals surface area contributed by atoms with E-state index in [2.05, 4.69) is 26.3 Å². The molecular weight excluding hydrogens is 417 g/mol. The second-order valence-corrected chi connectivity index (χ2v) is 6.67. The van der Waals surface area contributed by atoms with Gasteiger partial charge in [-0.1, -0.05) is 12.1 Å². The quantitative estimate of drug-likeness (QED) is 0.568. The lowest BCUT2D eigenvalue weighted by molar-refractivity contribution is -0.140. The molecule has 27 heavy (non-hydrogen) atoms. The van der Waals surface area contributed by atoms with Gasteiger partial charge in [0, 0.05) is 16.1 Å². The van der Waals surface area contributed by atoms with Crippen LogP contribution < -0.4 is 10.1 Å². The van der Waals surface area contributed by atoms with Gasteiger partial charge in [-0.3, -0.25) is 9.48 Å². The summed E-state index contributed by atoms with van der Waals surface area (Å²) in [6.07, 6.45) is 1.83. The Morgan fingerprint density at radius 2 is 2.07 bits per heavy atom. The molecule has 2 aromatic carbocycles. The number of nitrogens with zero attached hydrogens (tertiary/aromatic N) is 2. The third kappa shape index (κ3) is 4.39. The van der Waals surface area contributed by atoms with Gasteiger partial charge in [-0.15, -0.1) is 0 Å². The van der Waals surface area contributed by atoms with E-state index in [-0.39, 0.29) is 18.8 Å². The van der Waals surface area contributed by atoms with Crippen LogP contribution in [-0.2, 0) is 16.1 Å². The van der Waals surface area contributed by atoms with Crippen molar-refractivity contribution >= 4 is 38.5 Å². The van der Waals surface area contributed by atoms with E-state index in [0.29, 0.717) is 16.5 Å². The fourth-order valence-corrected chi connectivity index (χ4v) is 3.19. The van der Waals surface area contributed by atoms with Gasteiger partial charge in [0.2, 0.25) is 0 Å². The van der Waals surface area contributed by atoms with Crippen LogP contribution in [0.3, 0.4) is 0 Å². The Morgan fingerprint density at radius 3 is 2.74 bits per heavy atom.